The lowest BCUT2D eigenvalue weighted by molar-refractivity contribution is 0.146. The van der Waals surface area contributed by atoms with Gasteiger partial charge in [-0.2, -0.15) is 0 Å². The van der Waals surface area contributed by atoms with Gasteiger partial charge in [0.05, 0.1) is 29.0 Å². The van der Waals surface area contributed by atoms with Crippen molar-refractivity contribution < 1.29 is 13.5 Å². The maximum absolute atomic E-state index is 12.9. The molecule has 0 aromatic carbocycles. The Bertz CT molecular complexity index is 1270. The van der Waals surface area contributed by atoms with Crippen LogP contribution in [0.5, 0.6) is 0 Å². The van der Waals surface area contributed by atoms with Gasteiger partial charge in [-0.05, 0) is 70.4 Å². The van der Waals surface area contributed by atoms with Gasteiger partial charge in [-0.1, -0.05) is 31.7 Å². The monoisotopic (exact) mass is 494 g/mol. The summed E-state index contributed by atoms with van der Waals surface area (Å²) < 4.78 is 34.0. The van der Waals surface area contributed by atoms with Crippen LogP contribution in [0.2, 0.25) is 0 Å². The van der Waals surface area contributed by atoms with E-state index < -0.39 is 6.43 Å². The lowest BCUT2D eigenvalue weighted by Gasteiger charge is -2.18. The Morgan fingerprint density at radius 1 is 1.25 bits per heavy atom. The number of aromatic nitrogens is 3. The van der Waals surface area contributed by atoms with Gasteiger partial charge in [0.1, 0.15) is 11.5 Å². The highest BCUT2D eigenvalue weighted by atomic mass is 19.3. The molecule has 1 N–H and O–H groups in total. The molecule has 7 heteroatoms. The molecular weight excluding hydrogens is 458 g/mol. The number of pyridine rings is 2. The number of fused-ring (bicyclic) bond motifs is 1. The zero-order chi connectivity index (χ0) is 26.4. The Balaban J connectivity index is 2.21. The van der Waals surface area contributed by atoms with Gasteiger partial charge in [0.2, 0.25) is 0 Å². The molecule has 0 fully saturated rings. The molecule has 0 aliphatic carbocycles. The van der Waals surface area contributed by atoms with E-state index in [9.17, 15) is 8.78 Å². The zero-order valence-electron chi connectivity index (χ0n) is 22.0. The minimum absolute atomic E-state index is 0.223. The minimum atomic E-state index is -2.58. The summed E-state index contributed by atoms with van der Waals surface area (Å²) in [6.07, 6.45) is 5.35. The smallest absolute Gasteiger partial charge is 0.280 e. The molecule has 0 aliphatic heterocycles. The van der Waals surface area contributed by atoms with Crippen molar-refractivity contribution in [2.45, 2.75) is 67.0 Å². The van der Waals surface area contributed by atoms with E-state index in [1.54, 1.807) is 12.1 Å². The van der Waals surface area contributed by atoms with Crippen molar-refractivity contribution in [2.75, 3.05) is 11.9 Å². The van der Waals surface area contributed by atoms with Crippen LogP contribution in [0.1, 0.15) is 75.3 Å². The first-order valence-corrected chi connectivity index (χ1v) is 12.4. The lowest BCUT2D eigenvalue weighted by Crippen LogP contribution is -2.09. The second kappa shape index (κ2) is 12.0. The fourth-order valence-corrected chi connectivity index (χ4v) is 4.48. The average molecular weight is 495 g/mol. The van der Waals surface area contributed by atoms with Crippen molar-refractivity contribution in [1.29, 1.82) is 0 Å². The number of rotatable bonds is 11. The van der Waals surface area contributed by atoms with Gasteiger partial charge in [-0.25, -0.2) is 13.8 Å². The number of allylic oxidation sites excluding steroid dienone is 5. The molecule has 36 heavy (non-hydrogen) atoms. The van der Waals surface area contributed by atoms with Crippen LogP contribution >= 0.6 is 0 Å². The molecule has 0 radical (unpaired) electrons. The highest BCUT2D eigenvalue weighted by Crippen LogP contribution is 2.36. The summed E-state index contributed by atoms with van der Waals surface area (Å²) in [7, 11) is 0. The fraction of sp³-hybridized carbons (Fsp3) is 0.379. The Kier molecular flexibility index (Phi) is 9.02. The van der Waals surface area contributed by atoms with E-state index in [-0.39, 0.29) is 11.7 Å². The standard InChI is InChI=1S/C29H36F2N4O/c1-8-11-12-22(20(7)36-10-3)24-15-25(33-17-21-13-14-23(29(30)31)32-16-21)28-27(34-24)19(6)26(9-2)35(28)18(4)5/h8,11-16,18,29H,1,9-10,17H2,2-7H3,(H,33,34)/b12-11-,22-20-. The van der Waals surface area contributed by atoms with Gasteiger partial charge < -0.3 is 14.6 Å². The summed E-state index contributed by atoms with van der Waals surface area (Å²) in [5, 5.41) is 3.54. The van der Waals surface area contributed by atoms with E-state index in [1.165, 1.54) is 18.0 Å². The largest absolute Gasteiger partial charge is 0.498 e. The molecule has 0 amide bonds. The van der Waals surface area contributed by atoms with Gasteiger partial charge in [0.25, 0.3) is 6.43 Å². The number of hydrogen-bond donors (Lipinski definition) is 1. The van der Waals surface area contributed by atoms with Gasteiger partial charge in [0, 0.05) is 30.1 Å². The summed E-state index contributed by atoms with van der Waals surface area (Å²) in [5.41, 5.74) is 7.51. The summed E-state index contributed by atoms with van der Waals surface area (Å²) in [6, 6.07) is 5.32. The quantitative estimate of drug-likeness (QED) is 0.217. The number of ether oxygens (including phenoxy) is 1. The Hall–Kier alpha value is -3.48. The van der Waals surface area contributed by atoms with E-state index in [2.05, 4.69) is 49.1 Å². The van der Waals surface area contributed by atoms with Crippen LogP contribution in [-0.4, -0.2) is 21.1 Å². The highest BCUT2D eigenvalue weighted by molar-refractivity contribution is 5.95. The predicted molar refractivity (Wildman–Crippen MR) is 144 cm³/mol. The van der Waals surface area contributed by atoms with Crippen molar-refractivity contribution in [2.24, 2.45) is 0 Å². The van der Waals surface area contributed by atoms with Crippen LogP contribution in [0.3, 0.4) is 0 Å². The third-order valence-corrected chi connectivity index (χ3v) is 6.13. The Morgan fingerprint density at radius 2 is 2.00 bits per heavy atom. The Labute approximate surface area is 212 Å². The molecule has 0 aliphatic rings. The second-order valence-electron chi connectivity index (χ2n) is 8.88. The van der Waals surface area contributed by atoms with Gasteiger partial charge >= 0.3 is 0 Å². The molecule has 0 unspecified atom stereocenters. The molecule has 0 saturated heterocycles. The first-order valence-electron chi connectivity index (χ1n) is 12.4. The molecule has 3 aromatic heterocycles. The normalized spacial score (nSPS) is 12.6. The van der Waals surface area contributed by atoms with Crippen LogP contribution in [0, 0.1) is 6.92 Å². The van der Waals surface area contributed by atoms with Gasteiger partial charge in [0.15, 0.2) is 0 Å². The molecule has 3 rings (SSSR count). The van der Waals surface area contributed by atoms with Crippen molar-refractivity contribution in [3.8, 4) is 0 Å². The van der Waals surface area contributed by atoms with Crippen molar-refractivity contribution in [1.82, 2.24) is 14.5 Å². The predicted octanol–water partition coefficient (Wildman–Crippen LogP) is 7.94. The summed E-state index contributed by atoms with van der Waals surface area (Å²) in [4.78, 5) is 9.01. The van der Waals surface area contributed by atoms with Crippen LogP contribution in [0.4, 0.5) is 14.5 Å². The molecule has 0 saturated carbocycles. The van der Waals surface area contributed by atoms with Crippen molar-refractivity contribution in [3.63, 3.8) is 0 Å². The van der Waals surface area contributed by atoms with Crippen molar-refractivity contribution >= 4 is 22.3 Å². The number of alkyl halides is 2. The highest BCUT2D eigenvalue weighted by Gasteiger charge is 2.21. The molecular formula is C29H36F2N4O. The fourth-order valence-electron chi connectivity index (χ4n) is 4.48. The number of nitrogens with zero attached hydrogens (tertiary/aromatic N) is 3. The van der Waals surface area contributed by atoms with E-state index in [0.29, 0.717) is 13.2 Å². The first-order chi connectivity index (χ1) is 17.2. The van der Waals surface area contributed by atoms with E-state index in [4.69, 9.17) is 9.72 Å². The molecule has 192 valence electrons. The molecule has 3 aromatic rings. The molecule has 0 bridgehead atoms. The molecule has 0 spiro atoms. The second-order valence-corrected chi connectivity index (χ2v) is 8.88. The van der Waals surface area contributed by atoms with Crippen molar-refractivity contribution in [3.05, 3.63) is 83.2 Å². The number of nitrogens with one attached hydrogen (secondary N) is 1. The summed E-state index contributed by atoms with van der Waals surface area (Å²) >= 11 is 0. The van der Waals surface area contributed by atoms with Crippen LogP contribution < -0.4 is 5.32 Å². The maximum atomic E-state index is 12.9. The van der Waals surface area contributed by atoms with Crippen LogP contribution in [0.25, 0.3) is 16.6 Å². The zero-order valence-corrected chi connectivity index (χ0v) is 22.0. The van der Waals surface area contributed by atoms with E-state index in [0.717, 1.165) is 51.3 Å². The van der Waals surface area contributed by atoms with Gasteiger partial charge in [-0.3, -0.25) is 4.98 Å². The van der Waals surface area contributed by atoms with Gasteiger partial charge in [-0.15, -0.1) is 0 Å². The first kappa shape index (κ1) is 27.1. The molecule has 5 nitrogen and oxygen atoms in total. The summed E-state index contributed by atoms with van der Waals surface area (Å²) in [6.45, 7) is 17.3. The maximum Gasteiger partial charge on any atom is 0.280 e. The van der Waals surface area contributed by atoms with E-state index >= 15 is 0 Å². The lowest BCUT2D eigenvalue weighted by atomic mass is 10.1. The minimum Gasteiger partial charge on any atom is -0.498 e. The third kappa shape index (κ3) is 5.66. The Morgan fingerprint density at radius 3 is 2.56 bits per heavy atom. The topological polar surface area (TPSA) is 52.0 Å². The van der Waals surface area contributed by atoms with E-state index in [1.807, 2.05) is 32.1 Å². The molecule has 3 heterocycles. The number of halogens is 2. The van der Waals surface area contributed by atoms with Crippen LogP contribution in [-0.2, 0) is 17.7 Å². The third-order valence-electron chi connectivity index (χ3n) is 6.13. The SMILES string of the molecule is C=C/C=C\C(=C(/C)OCC)c1cc(NCc2ccc(C(F)F)nc2)c2c(n1)c(C)c(CC)n2C(C)C. The summed E-state index contributed by atoms with van der Waals surface area (Å²) in [5.74, 6) is 0.775. The van der Waals surface area contributed by atoms with Crippen LogP contribution in [0.15, 0.2) is 55.0 Å². The molecule has 0 atom stereocenters. The number of hydrogen-bond acceptors (Lipinski definition) is 4. The average Bonchev–Trinajstić information content (AvgIpc) is 3.15. The number of anilines is 1. The number of aryl methyl sites for hydroxylation is 1.